The highest BCUT2D eigenvalue weighted by Gasteiger charge is 2.34. The summed E-state index contributed by atoms with van der Waals surface area (Å²) in [5.74, 6) is 0.623. The molecule has 7 nitrogen and oxygen atoms in total. The molecule has 1 aliphatic rings. The van der Waals surface area contributed by atoms with Gasteiger partial charge >= 0.3 is 0 Å². The number of nitrogens with one attached hydrogen (secondary N) is 1. The molecule has 154 valence electrons. The summed E-state index contributed by atoms with van der Waals surface area (Å²) >= 11 is 6.15. The Morgan fingerprint density at radius 1 is 1.20 bits per heavy atom. The molecule has 2 aromatic carbocycles. The summed E-state index contributed by atoms with van der Waals surface area (Å²) in [7, 11) is 0. The van der Waals surface area contributed by atoms with Crippen LogP contribution in [0.2, 0.25) is 5.02 Å². The largest absolute Gasteiger partial charge is 0.350 e. The number of carbonyl (C=O) groups excluding carboxylic acids is 2. The molecule has 1 atom stereocenters. The molecular weight excluding hydrogens is 404 g/mol. The van der Waals surface area contributed by atoms with Gasteiger partial charge < -0.3 is 14.7 Å². The molecule has 0 radical (unpaired) electrons. The van der Waals surface area contributed by atoms with Crippen molar-refractivity contribution in [3.05, 3.63) is 70.6 Å². The number of likely N-dealkylation sites (tertiary alicyclic amines) is 1. The minimum Gasteiger partial charge on any atom is -0.350 e. The molecule has 0 spiro atoms. The van der Waals surface area contributed by atoms with Gasteiger partial charge in [-0.15, -0.1) is 0 Å². The second-order valence-corrected chi connectivity index (χ2v) is 7.59. The third kappa shape index (κ3) is 4.21. The topological polar surface area (TPSA) is 88.3 Å². The SMILES string of the molecule is Cc1nc(-c2ccc(C(=O)N3CCC[C@H]3C(=O)NCc3ccccc3Cl)cc2)no1. The van der Waals surface area contributed by atoms with Gasteiger partial charge in [-0.3, -0.25) is 9.59 Å². The predicted molar refractivity (Wildman–Crippen MR) is 112 cm³/mol. The number of carbonyl (C=O) groups is 2. The van der Waals surface area contributed by atoms with Crippen LogP contribution in [0.25, 0.3) is 11.4 Å². The average molecular weight is 425 g/mol. The zero-order valence-electron chi connectivity index (χ0n) is 16.5. The van der Waals surface area contributed by atoms with Crippen LogP contribution in [0, 0.1) is 6.92 Å². The third-order valence-corrected chi connectivity index (χ3v) is 5.51. The fraction of sp³-hybridized carbons (Fsp3) is 0.273. The number of rotatable bonds is 5. The van der Waals surface area contributed by atoms with Crippen LogP contribution in [0.5, 0.6) is 0 Å². The minimum atomic E-state index is -0.487. The number of aromatic nitrogens is 2. The van der Waals surface area contributed by atoms with E-state index in [1.807, 2.05) is 18.2 Å². The number of hydrogen-bond acceptors (Lipinski definition) is 5. The Hall–Kier alpha value is -3.19. The molecule has 0 unspecified atom stereocenters. The molecule has 1 aromatic heterocycles. The molecule has 30 heavy (non-hydrogen) atoms. The van der Waals surface area contributed by atoms with Gasteiger partial charge in [-0.25, -0.2) is 0 Å². The van der Waals surface area contributed by atoms with Gasteiger partial charge in [-0.05, 0) is 36.6 Å². The van der Waals surface area contributed by atoms with Crippen molar-refractivity contribution < 1.29 is 14.1 Å². The smallest absolute Gasteiger partial charge is 0.254 e. The maximum Gasteiger partial charge on any atom is 0.254 e. The van der Waals surface area contributed by atoms with Crippen molar-refractivity contribution in [1.29, 1.82) is 0 Å². The molecular formula is C22H21ClN4O3. The maximum atomic E-state index is 13.0. The van der Waals surface area contributed by atoms with Crippen LogP contribution in [-0.2, 0) is 11.3 Å². The molecule has 2 amide bonds. The fourth-order valence-corrected chi connectivity index (χ4v) is 3.77. The predicted octanol–water partition coefficient (Wildman–Crippen LogP) is 3.62. The Morgan fingerprint density at radius 3 is 2.67 bits per heavy atom. The summed E-state index contributed by atoms with van der Waals surface area (Å²) in [6.07, 6.45) is 1.43. The van der Waals surface area contributed by atoms with Crippen molar-refractivity contribution in [2.45, 2.75) is 32.4 Å². The highest BCUT2D eigenvalue weighted by Crippen LogP contribution is 2.23. The van der Waals surface area contributed by atoms with Gasteiger partial charge in [0.05, 0.1) is 0 Å². The van der Waals surface area contributed by atoms with Gasteiger partial charge in [-0.2, -0.15) is 4.98 Å². The van der Waals surface area contributed by atoms with Gasteiger partial charge in [0, 0.05) is 36.2 Å². The van der Waals surface area contributed by atoms with E-state index in [-0.39, 0.29) is 11.8 Å². The molecule has 0 aliphatic carbocycles. The van der Waals surface area contributed by atoms with Crippen LogP contribution < -0.4 is 5.32 Å². The zero-order chi connectivity index (χ0) is 21.1. The molecule has 1 saturated heterocycles. The summed E-state index contributed by atoms with van der Waals surface area (Å²) in [4.78, 5) is 31.6. The van der Waals surface area contributed by atoms with Crippen molar-refractivity contribution in [2.75, 3.05) is 6.54 Å². The first kappa shape index (κ1) is 20.1. The van der Waals surface area contributed by atoms with E-state index in [9.17, 15) is 9.59 Å². The molecule has 1 fully saturated rings. The lowest BCUT2D eigenvalue weighted by atomic mass is 10.1. The fourth-order valence-electron chi connectivity index (χ4n) is 3.57. The number of halogens is 1. The molecule has 2 heterocycles. The highest BCUT2D eigenvalue weighted by molar-refractivity contribution is 6.31. The van der Waals surface area contributed by atoms with Gasteiger partial charge in [0.2, 0.25) is 17.6 Å². The van der Waals surface area contributed by atoms with Gasteiger partial charge in [0.15, 0.2) is 0 Å². The lowest BCUT2D eigenvalue weighted by Crippen LogP contribution is -2.45. The van der Waals surface area contributed by atoms with E-state index in [0.29, 0.717) is 41.8 Å². The van der Waals surface area contributed by atoms with Crippen LogP contribution in [-0.4, -0.2) is 39.4 Å². The number of amides is 2. The maximum absolute atomic E-state index is 13.0. The first-order chi connectivity index (χ1) is 14.5. The Morgan fingerprint density at radius 2 is 1.97 bits per heavy atom. The van der Waals surface area contributed by atoms with Crippen LogP contribution in [0.3, 0.4) is 0 Å². The molecule has 3 aromatic rings. The van der Waals surface area contributed by atoms with E-state index in [4.69, 9.17) is 16.1 Å². The Bertz CT molecular complexity index is 1060. The lowest BCUT2D eigenvalue weighted by Gasteiger charge is -2.24. The van der Waals surface area contributed by atoms with E-state index in [1.165, 1.54) is 0 Å². The molecule has 0 saturated carbocycles. The van der Waals surface area contributed by atoms with E-state index in [1.54, 1.807) is 42.2 Å². The van der Waals surface area contributed by atoms with Gasteiger partial charge in [0.1, 0.15) is 6.04 Å². The first-order valence-corrected chi connectivity index (χ1v) is 10.1. The van der Waals surface area contributed by atoms with E-state index in [0.717, 1.165) is 17.5 Å². The molecule has 1 N–H and O–H groups in total. The van der Waals surface area contributed by atoms with Gasteiger partial charge in [-0.1, -0.05) is 47.1 Å². The van der Waals surface area contributed by atoms with E-state index < -0.39 is 6.04 Å². The minimum absolute atomic E-state index is 0.166. The molecule has 1 aliphatic heterocycles. The zero-order valence-corrected chi connectivity index (χ0v) is 17.2. The third-order valence-electron chi connectivity index (χ3n) is 5.14. The molecule has 8 heteroatoms. The number of hydrogen-bond donors (Lipinski definition) is 1. The normalized spacial score (nSPS) is 15.9. The second-order valence-electron chi connectivity index (χ2n) is 7.18. The van der Waals surface area contributed by atoms with Crippen molar-refractivity contribution >= 4 is 23.4 Å². The Labute approximate surface area is 179 Å². The van der Waals surface area contributed by atoms with Crippen molar-refractivity contribution in [3.8, 4) is 11.4 Å². The lowest BCUT2D eigenvalue weighted by molar-refractivity contribution is -0.125. The van der Waals surface area contributed by atoms with Crippen molar-refractivity contribution in [1.82, 2.24) is 20.4 Å². The van der Waals surface area contributed by atoms with Gasteiger partial charge in [0.25, 0.3) is 5.91 Å². The average Bonchev–Trinajstić information content (AvgIpc) is 3.42. The summed E-state index contributed by atoms with van der Waals surface area (Å²) in [5.41, 5.74) is 2.12. The second kappa shape index (κ2) is 8.67. The number of benzene rings is 2. The Kier molecular flexibility index (Phi) is 5.81. The standard InChI is InChI=1S/C22H21ClN4O3/c1-14-25-20(26-30-14)15-8-10-16(11-9-15)22(29)27-12-4-7-19(27)21(28)24-13-17-5-2-3-6-18(17)23/h2-3,5-6,8-11,19H,4,7,12-13H2,1H3,(H,24,28)/t19-/m0/s1. The van der Waals surface area contributed by atoms with Crippen LogP contribution in [0.4, 0.5) is 0 Å². The molecule has 0 bridgehead atoms. The van der Waals surface area contributed by atoms with Crippen molar-refractivity contribution in [2.24, 2.45) is 0 Å². The number of aryl methyl sites for hydroxylation is 1. The number of nitrogens with zero attached hydrogens (tertiary/aromatic N) is 3. The summed E-state index contributed by atoms with van der Waals surface area (Å²) < 4.78 is 4.99. The summed E-state index contributed by atoms with van der Waals surface area (Å²) in [5, 5.41) is 7.39. The monoisotopic (exact) mass is 424 g/mol. The van der Waals surface area contributed by atoms with Crippen LogP contribution >= 0.6 is 11.6 Å². The summed E-state index contributed by atoms with van der Waals surface area (Å²) in [6.45, 7) is 2.60. The quantitative estimate of drug-likeness (QED) is 0.675. The van der Waals surface area contributed by atoms with E-state index >= 15 is 0 Å². The van der Waals surface area contributed by atoms with Crippen LogP contribution in [0.15, 0.2) is 53.1 Å². The van der Waals surface area contributed by atoms with E-state index in [2.05, 4.69) is 15.5 Å². The summed E-state index contributed by atoms with van der Waals surface area (Å²) in [6, 6.07) is 13.9. The Balaban J connectivity index is 1.43. The molecule has 4 rings (SSSR count). The highest BCUT2D eigenvalue weighted by atomic mass is 35.5. The first-order valence-electron chi connectivity index (χ1n) is 9.76. The van der Waals surface area contributed by atoms with Crippen LogP contribution in [0.1, 0.15) is 34.7 Å². The van der Waals surface area contributed by atoms with Crippen molar-refractivity contribution in [3.63, 3.8) is 0 Å².